The van der Waals surface area contributed by atoms with Crippen molar-refractivity contribution in [3.05, 3.63) is 0 Å². The summed E-state index contributed by atoms with van der Waals surface area (Å²) in [6.07, 6.45) is -9.02. The Labute approximate surface area is 84.3 Å². The second kappa shape index (κ2) is 4.23. The molecular formula is C8H12F4O3. The molecule has 1 aliphatic heterocycles. The first-order valence-corrected chi connectivity index (χ1v) is 4.34. The van der Waals surface area contributed by atoms with E-state index in [4.69, 9.17) is 9.47 Å². The summed E-state index contributed by atoms with van der Waals surface area (Å²) in [7, 11) is 0. The highest BCUT2D eigenvalue weighted by Crippen LogP contribution is 2.27. The third-order valence-electron chi connectivity index (χ3n) is 1.78. The van der Waals surface area contributed by atoms with Crippen molar-refractivity contribution in [3.63, 3.8) is 0 Å². The van der Waals surface area contributed by atoms with Gasteiger partial charge in [0.15, 0.2) is 5.79 Å². The van der Waals surface area contributed by atoms with Gasteiger partial charge >= 0.3 is 12.5 Å². The SMILES string of the molecule is CC1(C)OCC(COC(F)(F)C(F)F)O1. The van der Waals surface area contributed by atoms with E-state index >= 15 is 0 Å². The Hall–Kier alpha value is -0.400. The highest BCUT2D eigenvalue weighted by molar-refractivity contribution is 4.71. The van der Waals surface area contributed by atoms with Gasteiger partial charge in [0.25, 0.3) is 0 Å². The summed E-state index contributed by atoms with van der Waals surface area (Å²) in [6.45, 7) is 2.61. The van der Waals surface area contributed by atoms with Crippen LogP contribution in [0.4, 0.5) is 17.6 Å². The van der Waals surface area contributed by atoms with E-state index in [-0.39, 0.29) is 6.61 Å². The second-order valence-corrected chi connectivity index (χ2v) is 3.62. The average Bonchev–Trinajstić information content (AvgIpc) is 2.42. The van der Waals surface area contributed by atoms with Crippen molar-refractivity contribution < 1.29 is 31.8 Å². The quantitative estimate of drug-likeness (QED) is 0.694. The molecule has 0 radical (unpaired) electrons. The number of alkyl halides is 4. The maximum absolute atomic E-state index is 12.3. The first-order chi connectivity index (χ1) is 6.73. The van der Waals surface area contributed by atoms with Gasteiger partial charge in [0.05, 0.1) is 13.2 Å². The molecule has 0 aromatic carbocycles. The van der Waals surface area contributed by atoms with Gasteiger partial charge in [-0.25, -0.2) is 8.78 Å². The minimum atomic E-state index is -4.43. The maximum atomic E-state index is 12.3. The smallest absolute Gasteiger partial charge is 0.348 e. The number of hydrogen-bond acceptors (Lipinski definition) is 3. The Morgan fingerprint density at radius 2 is 2.07 bits per heavy atom. The molecule has 0 spiro atoms. The largest absolute Gasteiger partial charge is 0.416 e. The van der Waals surface area contributed by atoms with Crippen molar-refractivity contribution in [1.29, 1.82) is 0 Å². The molecule has 0 aromatic heterocycles. The third kappa shape index (κ3) is 3.58. The van der Waals surface area contributed by atoms with Gasteiger partial charge in [-0.3, -0.25) is 0 Å². The summed E-state index contributed by atoms with van der Waals surface area (Å²) in [5.74, 6) is -0.881. The highest BCUT2D eigenvalue weighted by Gasteiger charge is 2.44. The molecule has 7 heteroatoms. The van der Waals surface area contributed by atoms with Crippen molar-refractivity contribution in [3.8, 4) is 0 Å². The van der Waals surface area contributed by atoms with Crippen LogP contribution in [0.25, 0.3) is 0 Å². The van der Waals surface area contributed by atoms with Crippen molar-refractivity contribution in [2.45, 2.75) is 38.3 Å². The standard InChI is InChI=1S/C8H12F4O3/c1-7(2)13-3-5(15-7)4-14-8(11,12)6(9)10/h5-6H,3-4H2,1-2H3. The van der Waals surface area contributed by atoms with Crippen LogP contribution in [0.15, 0.2) is 0 Å². The molecule has 0 saturated carbocycles. The lowest BCUT2D eigenvalue weighted by atomic mass is 10.4. The maximum Gasteiger partial charge on any atom is 0.416 e. The Morgan fingerprint density at radius 1 is 1.47 bits per heavy atom. The lowest BCUT2D eigenvalue weighted by Gasteiger charge is -2.19. The van der Waals surface area contributed by atoms with Crippen LogP contribution < -0.4 is 0 Å². The van der Waals surface area contributed by atoms with E-state index in [9.17, 15) is 17.6 Å². The topological polar surface area (TPSA) is 27.7 Å². The van der Waals surface area contributed by atoms with Crippen LogP contribution in [0.2, 0.25) is 0 Å². The lowest BCUT2D eigenvalue weighted by Crippen LogP contribution is -2.34. The van der Waals surface area contributed by atoms with Crippen LogP contribution in [0, 0.1) is 0 Å². The van der Waals surface area contributed by atoms with Crippen molar-refractivity contribution in [1.82, 2.24) is 0 Å². The summed E-state index contributed by atoms with van der Waals surface area (Å²) < 4.78 is 62.0. The molecule has 0 aromatic rings. The van der Waals surface area contributed by atoms with Gasteiger partial charge in [-0.1, -0.05) is 0 Å². The summed E-state index contributed by atoms with van der Waals surface area (Å²) >= 11 is 0. The number of halogens is 4. The molecule has 1 aliphatic rings. The van der Waals surface area contributed by atoms with Crippen molar-refractivity contribution >= 4 is 0 Å². The van der Waals surface area contributed by atoms with Crippen molar-refractivity contribution in [2.24, 2.45) is 0 Å². The molecule has 15 heavy (non-hydrogen) atoms. The molecule has 90 valence electrons. The lowest BCUT2D eigenvalue weighted by molar-refractivity contribution is -0.308. The Morgan fingerprint density at radius 3 is 2.47 bits per heavy atom. The summed E-state index contributed by atoms with van der Waals surface area (Å²) in [4.78, 5) is 0. The summed E-state index contributed by atoms with van der Waals surface area (Å²) in [5.41, 5.74) is 0. The van der Waals surface area contributed by atoms with E-state index in [1.807, 2.05) is 0 Å². The van der Waals surface area contributed by atoms with E-state index in [1.54, 1.807) is 13.8 Å². The van der Waals surface area contributed by atoms with E-state index < -0.39 is 31.0 Å². The molecule has 3 nitrogen and oxygen atoms in total. The van der Waals surface area contributed by atoms with Gasteiger partial charge < -0.3 is 14.2 Å². The Bertz CT molecular complexity index is 220. The van der Waals surface area contributed by atoms with Crippen LogP contribution in [0.3, 0.4) is 0 Å². The minimum Gasteiger partial charge on any atom is -0.348 e. The molecular weight excluding hydrogens is 220 g/mol. The molecule has 1 rings (SSSR count). The van der Waals surface area contributed by atoms with Gasteiger partial charge in [-0.15, -0.1) is 0 Å². The fourth-order valence-electron chi connectivity index (χ4n) is 1.11. The normalized spacial score (nSPS) is 26.2. The molecule has 1 atom stereocenters. The molecule has 0 aliphatic carbocycles. The van der Waals surface area contributed by atoms with Crippen LogP contribution in [-0.4, -0.2) is 37.6 Å². The Kier molecular flexibility index (Phi) is 3.57. The second-order valence-electron chi connectivity index (χ2n) is 3.62. The van der Waals surface area contributed by atoms with E-state index in [0.29, 0.717) is 0 Å². The fraction of sp³-hybridized carbons (Fsp3) is 1.00. The first-order valence-electron chi connectivity index (χ1n) is 4.34. The zero-order valence-corrected chi connectivity index (χ0v) is 8.31. The number of hydrogen-bond donors (Lipinski definition) is 0. The molecule has 1 fully saturated rings. The van der Waals surface area contributed by atoms with Gasteiger partial charge in [0.1, 0.15) is 6.10 Å². The van der Waals surface area contributed by atoms with E-state index in [0.717, 1.165) is 0 Å². The van der Waals surface area contributed by atoms with Crippen LogP contribution in [-0.2, 0) is 14.2 Å². The molecule has 0 amide bonds. The number of rotatable bonds is 4. The van der Waals surface area contributed by atoms with Gasteiger partial charge in [0.2, 0.25) is 0 Å². The average molecular weight is 232 g/mol. The molecule has 0 N–H and O–H groups in total. The minimum absolute atomic E-state index is 0.0479. The monoisotopic (exact) mass is 232 g/mol. The molecule has 1 heterocycles. The molecule has 1 unspecified atom stereocenters. The molecule has 1 saturated heterocycles. The highest BCUT2D eigenvalue weighted by atomic mass is 19.3. The van der Waals surface area contributed by atoms with Crippen LogP contribution in [0.1, 0.15) is 13.8 Å². The summed E-state index contributed by atoms with van der Waals surface area (Å²) in [6, 6.07) is 0. The van der Waals surface area contributed by atoms with Gasteiger partial charge in [-0.2, -0.15) is 8.78 Å². The van der Waals surface area contributed by atoms with Crippen LogP contribution in [0.5, 0.6) is 0 Å². The van der Waals surface area contributed by atoms with Gasteiger partial charge in [-0.05, 0) is 13.8 Å². The first kappa shape index (κ1) is 12.7. The van der Waals surface area contributed by atoms with Crippen molar-refractivity contribution in [2.75, 3.05) is 13.2 Å². The van der Waals surface area contributed by atoms with Crippen LogP contribution >= 0.6 is 0 Å². The zero-order valence-electron chi connectivity index (χ0n) is 8.31. The van der Waals surface area contributed by atoms with E-state index in [1.165, 1.54) is 0 Å². The predicted molar refractivity (Wildman–Crippen MR) is 41.8 cm³/mol. The molecule has 0 bridgehead atoms. The van der Waals surface area contributed by atoms with Gasteiger partial charge in [0, 0.05) is 0 Å². The third-order valence-corrected chi connectivity index (χ3v) is 1.78. The van der Waals surface area contributed by atoms with E-state index in [2.05, 4.69) is 4.74 Å². The predicted octanol–water partition coefficient (Wildman–Crippen LogP) is 2.01. The fourth-order valence-corrected chi connectivity index (χ4v) is 1.11. The zero-order chi connectivity index (χ0) is 11.7. The number of ether oxygens (including phenoxy) is 3. The summed E-state index contributed by atoms with van der Waals surface area (Å²) in [5, 5.41) is 0. The Balaban J connectivity index is 2.33.